The van der Waals surface area contributed by atoms with E-state index >= 15 is 0 Å². The normalized spacial score (nSPS) is 10.4. The number of pyridine rings is 1. The summed E-state index contributed by atoms with van der Waals surface area (Å²) < 4.78 is 1.97. The Labute approximate surface area is 132 Å². The fraction of sp³-hybridized carbons (Fsp3) is 0.125. The van der Waals surface area contributed by atoms with E-state index < -0.39 is 0 Å². The van der Waals surface area contributed by atoms with Gasteiger partial charge in [-0.1, -0.05) is 29.5 Å². The number of nitrogens with zero attached hydrogens (tertiary/aromatic N) is 5. The van der Waals surface area contributed by atoms with E-state index in [1.165, 1.54) is 17.3 Å². The maximum absolute atomic E-state index is 8.81. The standard InChI is InChI=1S/C16H13N5S/c1-12-2-4-14(5-3-12)21-15(13-6-9-18-10-7-13)19-20-16(21)22-11-8-17/h2-7,9-10H,11H2,1H3. The van der Waals surface area contributed by atoms with Gasteiger partial charge in [-0.15, -0.1) is 10.2 Å². The number of benzene rings is 1. The Balaban J connectivity index is 2.13. The van der Waals surface area contributed by atoms with Gasteiger partial charge in [0.05, 0.1) is 11.8 Å². The van der Waals surface area contributed by atoms with Crippen molar-refractivity contribution in [1.82, 2.24) is 19.7 Å². The molecular weight excluding hydrogens is 294 g/mol. The van der Waals surface area contributed by atoms with Crippen LogP contribution >= 0.6 is 11.8 Å². The average Bonchev–Trinajstić information content (AvgIpc) is 2.98. The second kappa shape index (κ2) is 6.41. The highest BCUT2D eigenvalue weighted by Crippen LogP contribution is 2.27. The Morgan fingerprint density at radius 1 is 1.09 bits per heavy atom. The van der Waals surface area contributed by atoms with Crippen molar-refractivity contribution in [2.75, 3.05) is 5.75 Å². The van der Waals surface area contributed by atoms with Crippen molar-refractivity contribution in [2.24, 2.45) is 0 Å². The molecule has 0 aliphatic rings. The van der Waals surface area contributed by atoms with Gasteiger partial charge in [0, 0.05) is 23.6 Å². The maximum Gasteiger partial charge on any atom is 0.197 e. The first-order valence-corrected chi connectivity index (χ1v) is 7.71. The third kappa shape index (κ3) is 2.85. The Hall–Kier alpha value is -2.65. The van der Waals surface area contributed by atoms with Crippen LogP contribution in [0.2, 0.25) is 0 Å². The third-order valence-electron chi connectivity index (χ3n) is 3.13. The fourth-order valence-corrected chi connectivity index (χ4v) is 2.69. The number of rotatable bonds is 4. The van der Waals surface area contributed by atoms with Gasteiger partial charge in [-0.2, -0.15) is 5.26 Å². The van der Waals surface area contributed by atoms with Gasteiger partial charge in [-0.25, -0.2) is 0 Å². The lowest BCUT2D eigenvalue weighted by Crippen LogP contribution is -2.00. The van der Waals surface area contributed by atoms with Gasteiger partial charge in [0.2, 0.25) is 0 Å². The SMILES string of the molecule is Cc1ccc(-n2c(SCC#N)nnc2-c2ccncc2)cc1. The zero-order valence-corrected chi connectivity index (χ0v) is 12.8. The van der Waals surface area contributed by atoms with E-state index in [1.807, 2.05) is 47.9 Å². The number of hydrogen-bond acceptors (Lipinski definition) is 5. The number of thioether (sulfide) groups is 1. The highest BCUT2D eigenvalue weighted by molar-refractivity contribution is 7.99. The maximum atomic E-state index is 8.81. The molecule has 0 bridgehead atoms. The van der Waals surface area contributed by atoms with Crippen molar-refractivity contribution in [2.45, 2.75) is 12.1 Å². The zero-order valence-electron chi connectivity index (χ0n) is 12.0. The van der Waals surface area contributed by atoms with Gasteiger partial charge in [0.1, 0.15) is 0 Å². The molecule has 0 unspecified atom stereocenters. The highest BCUT2D eigenvalue weighted by Gasteiger charge is 2.15. The lowest BCUT2D eigenvalue weighted by Gasteiger charge is -2.09. The molecule has 22 heavy (non-hydrogen) atoms. The summed E-state index contributed by atoms with van der Waals surface area (Å²) >= 11 is 1.37. The number of aromatic nitrogens is 4. The average molecular weight is 307 g/mol. The molecule has 5 nitrogen and oxygen atoms in total. The molecular formula is C16H13N5S. The van der Waals surface area contributed by atoms with Crippen LogP contribution in [0, 0.1) is 18.3 Å². The van der Waals surface area contributed by atoms with Gasteiger partial charge >= 0.3 is 0 Å². The molecule has 0 fully saturated rings. The molecule has 108 valence electrons. The van der Waals surface area contributed by atoms with Crippen molar-refractivity contribution in [3.05, 3.63) is 54.4 Å². The lowest BCUT2D eigenvalue weighted by atomic mass is 10.2. The minimum atomic E-state index is 0.334. The van der Waals surface area contributed by atoms with Crippen LogP contribution in [0.4, 0.5) is 0 Å². The van der Waals surface area contributed by atoms with Gasteiger partial charge < -0.3 is 0 Å². The lowest BCUT2D eigenvalue weighted by molar-refractivity contribution is 0.887. The molecule has 0 radical (unpaired) electrons. The molecule has 0 N–H and O–H groups in total. The molecule has 0 amide bonds. The molecule has 6 heteroatoms. The molecule has 0 atom stereocenters. The van der Waals surface area contributed by atoms with E-state index in [1.54, 1.807) is 12.4 Å². The molecule has 0 saturated heterocycles. The minimum Gasteiger partial charge on any atom is -0.270 e. The second-order valence-electron chi connectivity index (χ2n) is 4.66. The van der Waals surface area contributed by atoms with E-state index in [9.17, 15) is 0 Å². The van der Waals surface area contributed by atoms with Crippen LogP contribution in [-0.2, 0) is 0 Å². The molecule has 2 heterocycles. The monoisotopic (exact) mass is 307 g/mol. The molecule has 0 spiro atoms. The first kappa shape index (κ1) is 14.3. The largest absolute Gasteiger partial charge is 0.270 e. The van der Waals surface area contributed by atoms with E-state index in [2.05, 4.69) is 21.3 Å². The molecule has 0 aliphatic heterocycles. The van der Waals surface area contributed by atoms with Gasteiger partial charge in [0.15, 0.2) is 11.0 Å². The molecule has 0 saturated carbocycles. The Bertz CT molecular complexity index is 803. The Kier molecular flexibility index (Phi) is 4.17. The van der Waals surface area contributed by atoms with E-state index in [4.69, 9.17) is 5.26 Å². The number of aryl methyl sites for hydroxylation is 1. The van der Waals surface area contributed by atoms with Crippen molar-refractivity contribution >= 4 is 11.8 Å². The van der Waals surface area contributed by atoms with Crippen LogP contribution in [0.1, 0.15) is 5.56 Å². The molecule has 1 aromatic carbocycles. The zero-order chi connectivity index (χ0) is 15.4. The summed E-state index contributed by atoms with van der Waals surface area (Å²) in [6.45, 7) is 2.05. The first-order valence-electron chi connectivity index (χ1n) is 6.72. The topological polar surface area (TPSA) is 67.4 Å². The minimum absolute atomic E-state index is 0.334. The van der Waals surface area contributed by atoms with Crippen molar-refractivity contribution < 1.29 is 0 Å². The molecule has 3 rings (SSSR count). The van der Waals surface area contributed by atoms with Crippen LogP contribution in [-0.4, -0.2) is 25.5 Å². The summed E-state index contributed by atoms with van der Waals surface area (Å²) in [5, 5.41) is 18.0. The van der Waals surface area contributed by atoms with Crippen LogP contribution in [0.5, 0.6) is 0 Å². The number of hydrogen-bond donors (Lipinski definition) is 0. The Morgan fingerprint density at radius 2 is 1.82 bits per heavy atom. The van der Waals surface area contributed by atoms with E-state index in [0.29, 0.717) is 10.9 Å². The van der Waals surface area contributed by atoms with E-state index in [-0.39, 0.29) is 0 Å². The molecule has 2 aromatic heterocycles. The van der Waals surface area contributed by atoms with Crippen LogP contribution in [0.25, 0.3) is 17.1 Å². The molecule has 0 aliphatic carbocycles. The second-order valence-corrected chi connectivity index (χ2v) is 5.60. The summed E-state index contributed by atoms with van der Waals surface area (Å²) in [5.41, 5.74) is 3.10. The van der Waals surface area contributed by atoms with Gasteiger partial charge in [-0.05, 0) is 31.2 Å². The predicted octanol–water partition coefficient (Wildman–Crippen LogP) is 3.25. The van der Waals surface area contributed by atoms with Crippen molar-refractivity contribution in [3.8, 4) is 23.1 Å². The van der Waals surface area contributed by atoms with E-state index in [0.717, 1.165) is 17.1 Å². The quantitative estimate of drug-likeness (QED) is 0.692. The predicted molar refractivity (Wildman–Crippen MR) is 85.7 cm³/mol. The fourth-order valence-electron chi connectivity index (χ4n) is 2.07. The summed E-state index contributed by atoms with van der Waals surface area (Å²) in [6, 6.07) is 14.1. The van der Waals surface area contributed by atoms with Crippen molar-refractivity contribution in [3.63, 3.8) is 0 Å². The molecule has 3 aromatic rings. The summed E-state index contributed by atoms with van der Waals surface area (Å²) in [6.07, 6.45) is 3.46. The first-order chi connectivity index (χ1) is 10.8. The smallest absolute Gasteiger partial charge is 0.197 e. The number of nitriles is 1. The highest BCUT2D eigenvalue weighted by atomic mass is 32.2. The third-order valence-corrected chi connectivity index (χ3v) is 3.93. The van der Waals surface area contributed by atoms with Crippen molar-refractivity contribution in [1.29, 1.82) is 5.26 Å². The Morgan fingerprint density at radius 3 is 2.50 bits per heavy atom. The van der Waals surface area contributed by atoms with Crippen LogP contribution in [0.15, 0.2) is 53.9 Å². The van der Waals surface area contributed by atoms with Crippen LogP contribution < -0.4 is 0 Å². The van der Waals surface area contributed by atoms with Gasteiger partial charge in [-0.3, -0.25) is 9.55 Å². The summed E-state index contributed by atoms with van der Waals surface area (Å²) in [7, 11) is 0. The van der Waals surface area contributed by atoms with Crippen LogP contribution in [0.3, 0.4) is 0 Å². The van der Waals surface area contributed by atoms with Gasteiger partial charge in [0.25, 0.3) is 0 Å². The summed E-state index contributed by atoms with van der Waals surface area (Å²) in [4.78, 5) is 4.04. The summed E-state index contributed by atoms with van der Waals surface area (Å²) in [5.74, 6) is 1.08.